The Bertz CT molecular complexity index is 689. The zero-order valence-electron chi connectivity index (χ0n) is 18.7. The number of anilines is 1. The van der Waals surface area contributed by atoms with Gasteiger partial charge in [0.25, 0.3) is 0 Å². The number of piperazine rings is 1. The van der Waals surface area contributed by atoms with Crippen LogP contribution in [0.4, 0.5) is 5.95 Å². The number of rotatable bonds is 5. The van der Waals surface area contributed by atoms with Gasteiger partial charge in [0.05, 0.1) is 0 Å². The average Bonchev–Trinajstić information content (AvgIpc) is 2.88. The highest BCUT2D eigenvalue weighted by molar-refractivity contribution is 5.80. The molecule has 5 nitrogen and oxygen atoms in total. The fraction of sp³-hybridized carbons (Fsp3) is 0.792. The van der Waals surface area contributed by atoms with Crippen LogP contribution in [0.25, 0.3) is 0 Å². The number of fused-ring (bicyclic) bond motifs is 2. The molecule has 1 aliphatic carbocycles. The molecule has 0 aromatic carbocycles. The van der Waals surface area contributed by atoms with Crippen LogP contribution in [0.3, 0.4) is 0 Å². The number of hydrogen-bond donors (Lipinski definition) is 0. The lowest BCUT2D eigenvalue weighted by Gasteiger charge is -2.42. The van der Waals surface area contributed by atoms with Crippen LogP contribution in [-0.2, 0) is 4.79 Å². The maximum absolute atomic E-state index is 12.3. The van der Waals surface area contributed by atoms with Gasteiger partial charge in [0.15, 0.2) is 0 Å². The lowest BCUT2D eigenvalue weighted by molar-refractivity contribution is -0.124. The van der Waals surface area contributed by atoms with Gasteiger partial charge in [-0.3, -0.25) is 9.69 Å². The lowest BCUT2D eigenvalue weighted by atomic mass is 9.82. The number of likely N-dealkylation sites (tertiary alicyclic amines) is 1. The highest BCUT2D eigenvalue weighted by atomic mass is 16.1. The van der Waals surface area contributed by atoms with Gasteiger partial charge in [0, 0.05) is 55.9 Å². The third-order valence-electron chi connectivity index (χ3n) is 7.77. The van der Waals surface area contributed by atoms with Crippen molar-refractivity contribution in [1.29, 1.82) is 0 Å². The minimum atomic E-state index is 0.248. The quantitative estimate of drug-likeness (QED) is 0.687. The third-order valence-corrected chi connectivity index (χ3v) is 7.77. The van der Waals surface area contributed by atoms with Gasteiger partial charge in [-0.25, -0.2) is 9.97 Å². The van der Waals surface area contributed by atoms with Crippen LogP contribution in [0.2, 0.25) is 0 Å². The number of carbonyl (C=O) groups is 1. The highest BCUT2D eigenvalue weighted by Crippen LogP contribution is 2.39. The molecule has 5 unspecified atom stereocenters. The number of ketones is 1. The van der Waals surface area contributed by atoms with E-state index in [1.54, 1.807) is 0 Å². The van der Waals surface area contributed by atoms with Crippen molar-refractivity contribution in [2.75, 3.05) is 18.0 Å². The molecule has 5 heteroatoms. The Labute approximate surface area is 176 Å². The summed E-state index contributed by atoms with van der Waals surface area (Å²) in [5, 5.41) is 0. The first kappa shape index (κ1) is 20.8. The normalized spacial score (nSPS) is 33.1. The Kier molecular flexibility index (Phi) is 6.24. The molecule has 2 bridgehead atoms. The summed E-state index contributed by atoms with van der Waals surface area (Å²) in [4.78, 5) is 27.1. The summed E-state index contributed by atoms with van der Waals surface area (Å²) >= 11 is 0. The summed E-state index contributed by atoms with van der Waals surface area (Å²) in [5.74, 6) is 2.56. The molecule has 0 N–H and O–H groups in total. The van der Waals surface area contributed by atoms with Crippen molar-refractivity contribution in [2.24, 2.45) is 11.8 Å². The SMILES string of the molecule is CCC(=O)C1CCCC(c2cnc(N3C4CCC3CN(C(C)C)C4)nc2)CC1C. The van der Waals surface area contributed by atoms with Gasteiger partial charge in [0.2, 0.25) is 5.95 Å². The molecule has 0 spiro atoms. The zero-order valence-corrected chi connectivity index (χ0v) is 18.7. The molecule has 3 fully saturated rings. The minimum Gasteiger partial charge on any atom is -0.332 e. The van der Waals surface area contributed by atoms with E-state index in [4.69, 9.17) is 9.97 Å². The number of aromatic nitrogens is 2. The summed E-state index contributed by atoms with van der Waals surface area (Å²) in [5.41, 5.74) is 1.26. The topological polar surface area (TPSA) is 49.3 Å². The van der Waals surface area contributed by atoms with E-state index < -0.39 is 0 Å². The van der Waals surface area contributed by atoms with Crippen LogP contribution in [0.5, 0.6) is 0 Å². The number of carbonyl (C=O) groups excluding carboxylic acids is 1. The summed E-state index contributed by atoms with van der Waals surface area (Å²) in [6, 6.07) is 1.73. The molecule has 3 aliphatic rings. The number of nitrogens with zero attached hydrogens (tertiary/aromatic N) is 4. The van der Waals surface area contributed by atoms with Crippen molar-refractivity contribution >= 4 is 11.7 Å². The highest BCUT2D eigenvalue weighted by Gasteiger charge is 2.41. The van der Waals surface area contributed by atoms with Crippen LogP contribution in [-0.4, -0.2) is 51.9 Å². The lowest BCUT2D eigenvalue weighted by Crippen LogP contribution is -2.56. The van der Waals surface area contributed by atoms with Gasteiger partial charge < -0.3 is 4.90 Å². The van der Waals surface area contributed by atoms with Gasteiger partial charge in [-0.2, -0.15) is 0 Å². The van der Waals surface area contributed by atoms with Crippen molar-refractivity contribution < 1.29 is 4.79 Å². The Morgan fingerprint density at radius 2 is 1.76 bits per heavy atom. The van der Waals surface area contributed by atoms with Crippen molar-refractivity contribution in [3.8, 4) is 0 Å². The number of Topliss-reactive ketones (excluding diaryl/α,β-unsaturated/α-hetero) is 1. The van der Waals surface area contributed by atoms with Crippen LogP contribution in [0.1, 0.15) is 84.1 Å². The van der Waals surface area contributed by atoms with E-state index in [2.05, 4.69) is 43.0 Å². The summed E-state index contributed by atoms with van der Waals surface area (Å²) < 4.78 is 0. The molecule has 2 aliphatic heterocycles. The third kappa shape index (κ3) is 4.21. The first-order valence-corrected chi connectivity index (χ1v) is 11.8. The molecular formula is C24H38N4O. The smallest absolute Gasteiger partial charge is 0.225 e. The number of hydrogen-bond acceptors (Lipinski definition) is 5. The Balaban J connectivity index is 1.44. The van der Waals surface area contributed by atoms with E-state index in [9.17, 15) is 4.79 Å². The predicted octanol–water partition coefficient (Wildman–Crippen LogP) is 4.43. The molecule has 0 amide bonds. The molecule has 29 heavy (non-hydrogen) atoms. The van der Waals surface area contributed by atoms with E-state index in [0.717, 1.165) is 44.7 Å². The largest absolute Gasteiger partial charge is 0.332 e. The molecule has 2 saturated heterocycles. The van der Waals surface area contributed by atoms with E-state index in [0.29, 0.717) is 42.2 Å². The average molecular weight is 399 g/mol. The molecule has 1 saturated carbocycles. The molecule has 0 radical (unpaired) electrons. The van der Waals surface area contributed by atoms with Gasteiger partial charge in [0.1, 0.15) is 5.78 Å². The molecule has 4 rings (SSSR count). The van der Waals surface area contributed by atoms with Crippen LogP contribution in [0, 0.1) is 11.8 Å². The second-order valence-corrected chi connectivity index (χ2v) is 9.92. The maximum Gasteiger partial charge on any atom is 0.225 e. The Hall–Kier alpha value is -1.49. The van der Waals surface area contributed by atoms with E-state index in [-0.39, 0.29) is 5.92 Å². The molecule has 3 heterocycles. The summed E-state index contributed by atoms with van der Waals surface area (Å²) in [6.45, 7) is 11.1. The first-order chi connectivity index (χ1) is 14.0. The molecule has 5 atom stereocenters. The van der Waals surface area contributed by atoms with Crippen molar-refractivity contribution in [3.63, 3.8) is 0 Å². The first-order valence-electron chi connectivity index (χ1n) is 11.8. The van der Waals surface area contributed by atoms with Gasteiger partial charge >= 0.3 is 0 Å². The van der Waals surface area contributed by atoms with Crippen molar-refractivity contribution in [3.05, 3.63) is 18.0 Å². The zero-order chi connectivity index (χ0) is 20.5. The van der Waals surface area contributed by atoms with Gasteiger partial charge in [-0.05, 0) is 63.4 Å². The molecule has 1 aromatic heterocycles. The van der Waals surface area contributed by atoms with Crippen LogP contribution < -0.4 is 4.90 Å². The Morgan fingerprint density at radius 1 is 1.10 bits per heavy atom. The van der Waals surface area contributed by atoms with Gasteiger partial charge in [-0.1, -0.05) is 20.3 Å². The monoisotopic (exact) mass is 398 g/mol. The summed E-state index contributed by atoms with van der Waals surface area (Å²) in [6.07, 6.45) is 11.8. The van der Waals surface area contributed by atoms with E-state index >= 15 is 0 Å². The second-order valence-electron chi connectivity index (χ2n) is 9.92. The second kappa shape index (κ2) is 8.71. The van der Waals surface area contributed by atoms with Crippen molar-refractivity contribution in [2.45, 2.75) is 96.7 Å². The predicted molar refractivity (Wildman–Crippen MR) is 117 cm³/mol. The molecule has 160 valence electrons. The van der Waals surface area contributed by atoms with E-state index in [1.807, 2.05) is 6.92 Å². The maximum atomic E-state index is 12.3. The van der Waals surface area contributed by atoms with Crippen molar-refractivity contribution in [1.82, 2.24) is 14.9 Å². The van der Waals surface area contributed by atoms with Crippen LogP contribution in [0.15, 0.2) is 12.4 Å². The van der Waals surface area contributed by atoms with Gasteiger partial charge in [-0.15, -0.1) is 0 Å². The minimum absolute atomic E-state index is 0.248. The fourth-order valence-corrected chi connectivity index (χ4v) is 6.00. The molecule has 1 aromatic rings. The molecular weight excluding hydrogens is 360 g/mol. The standard InChI is InChI=1S/C24H38N4O/c1-5-23(29)22-8-6-7-18(11-17(22)4)19-12-25-24(26-13-19)28-20-9-10-21(28)15-27(14-20)16(2)3/h12-13,16-18,20-22H,5-11,14-15H2,1-4H3. The van der Waals surface area contributed by atoms with Crippen LogP contribution >= 0.6 is 0 Å². The Morgan fingerprint density at radius 3 is 2.34 bits per heavy atom. The summed E-state index contributed by atoms with van der Waals surface area (Å²) in [7, 11) is 0. The fourth-order valence-electron chi connectivity index (χ4n) is 6.00. The van der Waals surface area contributed by atoms with E-state index in [1.165, 1.54) is 18.4 Å².